The standard InChI is InChI=1S/C20H20ClF3N2O2/c1-14(28-18-7-5-16(21)6-8-18)19(27)26-11-9-25(10-12-26)17-4-2-3-15(13-17)20(22,23)24/h2-8,13-14H,9-12H2,1H3/t14-/m0/s1. The van der Waals surface area contributed by atoms with Crippen molar-refractivity contribution in [2.75, 3.05) is 31.1 Å². The second kappa shape index (κ2) is 8.31. The summed E-state index contributed by atoms with van der Waals surface area (Å²) >= 11 is 5.83. The Bertz CT molecular complexity index is 819. The average molecular weight is 413 g/mol. The van der Waals surface area contributed by atoms with Crippen LogP contribution < -0.4 is 9.64 Å². The van der Waals surface area contributed by atoms with Gasteiger partial charge in [0.1, 0.15) is 5.75 Å². The molecule has 2 aromatic carbocycles. The molecule has 1 aliphatic heterocycles. The molecule has 2 aromatic rings. The smallest absolute Gasteiger partial charge is 0.416 e. The molecule has 1 heterocycles. The van der Waals surface area contributed by atoms with Crippen molar-refractivity contribution < 1.29 is 22.7 Å². The van der Waals surface area contributed by atoms with Crippen LogP contribution in [0.4, 0.5) is 18.9 Å². The van der Waals surface area contributed by atoms with Crippen LogP contribution in [-0.2, 0) is 11.0 Å². The van der Waals surface area contributed by atoms with Gasteiger partial charge in [0.15, 0.2) is 6.10 Å². The van der Waals surface area contributed by atoms with Crippen LogP contribution in [0.25, 0.3) is 0 Å². The zero-order valence-electron chi connectivity index (χ0n) is 15.2. The number of ether oxygens (including phenoxy) is 1. The summed E-state index contributed by atoms with van der Waals surface area (Å²) in [5, 5.41) is 0.581. The van der Waals surface area contributed by atoms with Crippen LogP contribution in [-0.4, -0.2) is 43.1 Å². The highest BCUT2D eigenvalue weighted by Gasteiger charge is 2.31. The summed E-state index contributed by atoms with van der Waals surface area (Å²) in [6.07, 6.45) is -5.04. The van der Waals surface area contributed by atoms with Crippen molar-refractivity contribution in [3.05, 3.63) is 59.1 Å². The Labute approximate surface area is 166 Å². The van der Waals surface area contributed by atoms with E-state index in [-0.39, 0.29) is 5.91 Å². The minimum Gasteiger partial charge on any atom is -0.481 e. The Kier molecular flexibility index (Phi) is 6.03. The molecule has 28 heavy (non-hydrogen) atoms. The first-order chi connectivity index (χ1) is 13.2. The van der Waals surface area contributed by atoms with E-state index >= 15 is 0 Å². The molecule has 1 atom stereocenters. The maximum absolute atomic E-state index is 12.9. The summed E-state index contributed by atoms with van der Waals surface area (Å²) in [4.78, 5) is 16.1. The van der Waals surface area contributed by atoms with E-state index in [9.17, 15) is 18.0 Å². The number of carbonyl (C=O) groups excluding carboxylic acids is 1. The van der Waals surface area contributed by atoms with Crippen molar-refractivity contribution in [1.29, 1.82) is 0 Å². The predicted molar refractivity (Wildman–Crippen MR) is 102 cm³/mol. The number of hydrogen-bond acceptors (Lipinski definition) is 3. The molecule has 1 amide bonds. The monoisotopic (exact) mass is 412 g/mol. The van der Waals surface area contributed by atoms with E-state index < -0.39 is 17.8 Å². The quantitative estimate of drug-likeness (QED) is 0.742. The van der Waals surface area contributed by atoms with E-state index in [1.807, 2.05) is 4.90 Å². The Hall–Kier alpha value is -2.41. The number of rotatable bonds is 4. The van der Waals surface area contributed by atoms with Crippen molar-refractivity contribution in [3.63, 3.8) is 0 Å². The fourth-order valence-corrected chi connectivity index (χ4v) is 3.21. The number of alkyl halides is 3. The first-order valence-corrected chi connectivity index (χ1v) is 9.25. The van der Waals surface area contributed by atoms with Gasteiger partial charge in [-0.1, -0.05) is 17.7 Å². The fourth-order valence-electron chi connectivity index (χ4n) is 3.09. The van der Waals surface area contributed by atoms with Gasteiger partial charge < -0.3 is 14.5 Å². The van der Waals surface area contributed by atoms with E-state index in [0.717, 1.165) is 12.1 Å². The number of carbonyl (C=O) groups is 1. The summed E-state index contributed by atoms with van der Waals surface area (Å²) in [5.74, 6) is 0.395. The number of anilines is 1. The Morgan fingerprint density at radius 1 is 1.07 bits per heavy atom. The molecule has 0 aromatic heterocycles. The molecule has 3 rings (SSSR count). The lowest BCUT2D eigenvalue weighted by molar-refractivity contribution is -0.138. The molecule has 1 fully saturated rings. The van der Waals surface area contributed by atoms with Gasteiger partial charge in [-0.25, -0.2) is 0 Å². The van der Waals surface area contributed by atoms with Crippen LogP contribution in [0.5, 0.6) is 5.75 Å². The molecule has 0 saturated carbocycles. The molecule has 8 heteroatoms. The summed E-state index contributed by atoms with van der Waals surface area (Å²) in [7, 11) is 0. The van der Waals surface area contributed by atoms with Gasteiger partial charge in [0.05, 0.1) is 5.56 Å². The molecule has 150 valence electrons. The normalized spacial score (nSPS) is 16.0. The van der Waals surface area contributed by atoms with Gasteiger partial charge in [-0.3, -0.25) is 4.79 Å². The van der Waals surface area contributed by atoms with Gasteiger partial charge in [-0.15, -0.1) is 0 Å². The summed E-state index contributed by atoms with van der Waals surface area (Å²) < 4.78 is 44.4. The number of amides is 1. The first kappa shape index (κ1) is 20.3. The summed E-state index contributed by atoms with van der Waals surface area (Å²) in [6.45, 7) is 3.43. The highest BCUT2D eigenvalue weighted by atomic mass is 35.5. The summed E-state index contributed by atoms with van der Waals surface area (Å²) in [6, 6.07) is 12.0. The van der Waals surface area contributed by atoms with Crippen LogP contribution >= 0.6 is 11.6 Å². The Morgan fingerprint density at radius 3 is 2.32 bits per heavy atom. The maximum atomic E-state index is 12.9. The molecule has 1 saturated heterocycles. The zero-order valence-corrected chi connectivity index (χ0v) is 16.0. The first-order valence-electron chi connectivity index (χ1n) is 8.87. The molecule has 0 aliphatic carbocycles. The van der Waals surface area contributed by atoms with Gasteiger partial charge in [0, 0.05) is 36.9 Å². The van der Waals surface area contributed by atoms with Crippen LogP contribution in [0.15, 0.2) is 48.5 Å². The van der Waals surface area contributed by atoms with E-state index in [4.69, 9.17) is 16.3 Å². The van der Waals surface area contributed by atoms with Gasteiger partial charge in [0.25, 0.3) is 5.91 Å². The molecule has 0 spiro atoms. The lowest BCUT2D eigenvalue weighted by atomic mass is 10.1. The largest absolute Gasteiger partial charge is 0.481 e. The highest BCUT2D eigenvalue weighted by Crippen LogP contribution is 2.32. The van der Waals surface area contributed by atoms with Crippen LogP contribution in [0.1, 0.15) is 12.5 Å². The molecule has 0 N–H and O–H groups in total. The zero-order chi connectivity index (χ0) is 20.3. The lowest BCUT2D eigenvalue weighted by Crippen LogP contribution is -2.52. The Balaban J connectivity index is 1.57. The van der Waals surface area contributed by atoms with Crippen LogP contribution in [0.3, 0.4) is 0 Å². The minimum atomic E-state index is -4.37. The number of piperazine rings is 1. The third-order valence-corrected chi connectivity index (χ3v) is 4.86. The van der Waals surface area contributed by atoms with Crippen LogP contribution in [0, 0.1) is 0 Å². The predicted octanol–water partition coefficient (Wildman–Crippen LogP) is 4.47. The third kappa shape index (κ3) is 4.90. The van der Waals surface area contributed by atoms with Gasteiger partial charge in [-0.2, -0.15) is 13.2 Å². The van der Waals surface area contributed by atoms with Crippen molar-refractivity contribution >= 4 is 23.2 Å². The van der Waals surface area contributed by atoms with Gasteiger partial charge in [-0.05, 0) is 49.4 Å². The average Bonchev–Trinajstić information content (AvgIpc) is 2.69. The maximum Gasteiger partial charge on any atom is 0.416 e. The second-order valence-electron chi connectivity index (χ2n) is 6.57. The third-order valence-electron chi connectivity index (χ3n) is 4.60. The molecule has 4 nitrogen and oxygen atoms in total. The number of halogens is 4. The number of benzene rings is 2. The molecule has 0 bridgehead atoms. The Morgan fingerprint density at radius 2 is 1.71 bits per heavy atom. The van der Waals surface area contributed by atoms with E-state index in [2.05, 4.69) is 0 Å². The topological polar surface area (TPSA) is 32.8 Å². The fraction of sp³-hybridized carbons (Fsp3) is 0.350. The molecular formula is C20H20ClF3N2O2. The van der Waals surface area contributed by atoms with Crippen molar-refractivity contribution in [2.24, 2.45) is 0 Å². The second-order valence-corrected chi connectivity index (χ2v) is 7.01. The molecule has 0 radical (unpaired) electrons. The highest BCUT2D eigenvalue weighted by molar-refractivity contribution is 6.30. The molecule has 1 aliphatic rings. The van der Waals surface area contributed by atoms with E-state index in [1.54, 1.807) is 42.2 Å². The number of nitrogens with zero attached hydrogens (tertiary/aromatic N) is 2. The minimum absolute atomic E-state index is 0.154. The SMILES string of the molecule is C[C@H](Oc1ccc(Cl)cc1)C(=O)N1CCN(c2cccc(C(F)(F)F)c2)CC1. The molecule has 0 unspecified atom stereocenters. The van der Waals surface area contributed by atoms with Gasteiger partial charge in [0.2, 0.25) is 0 Å². The van der Waals surface area contributed by atoms with E-state index in [0.29, 0.717) is 42.6 Å². The number of hydrogen-bond donors (Lipinski definition) is 0. The summed E-state index contributed by atoms with van der Waals surface area (Å²) in [5.41, 5.74) is -0.166. The lowest BCUT2D eigenvalue weighted by Gasteiger charge is -2.37. The molecular weight excluding hydrogens is 393 g/mol. The van der Waals surface area contributed by atoms with Gasteiger partial charge >= 0.3 is 6.18 Å². The van der Waals surface area contributed by atoms with E-state index in [1.165, 1.54) is 6.07 Å². The van der Waals surface area contributed by atoms with Crippen molar-refractivity contribution in [2.45, 2.75) is 19.2 Å². The van der Waals surface area contributed by atoms with Crippen molar-refractivity contribution in [3.8, 4) is 5.75 Å². The van der Waals surface area contributed by atoms with Crippen LogP contribution in [0.2, 0.25) is 5.02 Å². The van der Waals surface area contributed by atoms with Crippen molar-refractivity contribution in [1.82, 2.24) is 4.90 Å².